The first kappa shape index (κ1) is 24.8. The Balaban J connectivity index is 2.83. The lowest BCUT2D eigenvalue weighted by Crippen LogP contribution is -2.61. The molecule has 6 nitrogen and oxygen atoms in total. The van der Waals surface area contributed by atoms with Crippen molar-refractivity contribution in [1.82, 2.24) is 10.6 Å². The summed E-state index contributed by atoms with van der Waals surface area (Å²) in [5.41, 5.74) is 6.49. The maximum absolute atomic E-state index is 14.2. The van der Waals surface area contributed by atoms with E-state index in [1.54, 1.807) is 30.3 Å². The van der Waals surface area contributed by atoms with Crippen LogP contribution in [0.25, 0.3) is 0 Å². The van der Waals surface area contributed by atoms with Gasteiger partial charge in [-0.05, 0) is 17.9 Å². The van der Waals surface area contributed by atoms with Gasteiger partial charge in [0.25, 0.3) is 5.91 Å². The summed E-state index contributed by atoms with van der Waals surface area (Å²) in [5.74, 6) is -8.50. The highest BCUT2D eigenvalue weighted by atomic mass is 19.4. The van der Waals surface area contributed by atoms with E-state index in [0.717, 1.165) is 5.32 Å². The Morgan fingerprint density at radius 1 is 1.10 bits per heavy atom. The normalized spacial score (nSPS) is 15.5. The van der Waals surface area contributed by atoms with Crippen LogP contribution in [0.2, 0.25) is 0 Å². The number of nitrogens with one attached hydrogen (secondary N) is 2. The number of amides is 2. The molecule has 0 saturated carbocycles. The van der Waals surface area contributed by atoms with E-state index in [9.17, 15) is 36.6 Å². The molecule has 29 heavy (non-hydrogen) atoms. The van der Waals surface area contributed by atoms with Crippen LogP contribution >= 0.6 is 0 Å². The van der Waals surface area contributed by atoms with Gasteiger partial charge in [0.15, 0.2) is 0 Å². The van der Waals surface area contributed by atoms with Crippen molar-refractivity contribution in [3.05, 3.63) is 35.9 Å². The number of aliphatic hydroxyl groups excluding tert-OH is 1. The van der Waals surface area contributed by atoms with Gasteiger partial charge in [-0.25, -0.2) is 0 Å². The highest BCUT2D eigenvalue weighted by Gasteiger charge is 2.51. The molecule has 2 unspecified atom stereocenters. The number of rotatable bonds is 9. The van der Waals surface area contributed by atoms with Crippen molar-refractivity contribution in [2.24, 2.45) is 11.7 Å². The number of benzene rings is 1. The van der Waals surface area contributed by atoms with Gasteiger partial charge < -0.3 is 21.5 Å². The van der Waals surface area contributed by atoms with Crippen LogP contribution in [0.3, 0.4) is 0 Å². The minimum absolute atomic E-state index is 0.0933. The first-order valence-corrected chi connectivity index (χ1v) is 8.76. The van der Waals surface area contributed by atoms with E-state index in [2.05, 4.69) is 5.32 Å². The zero-order valence-electron chi connectivity index (χ0n) is 15.8. The summed E-state index contributed by atoms with van der Waals surface area (Å²) in [7, 11) is 0. The molecule has 0 aliphatic heterocycles. The molecule has 0 bridgehead atoms. The summed E-state index contributed by atoms with van der Waals surface area (Å²) in [4.78, 5) is 23.8. The molecule has 0 aliphatic rings. The van der Waals surface area contributed by atoms with Crippen LogP contribution < -0.4 is 16.4 Å². The third-order valence-electron chi connectivity index (χ3n) is 4.13. The molecule has 0 saturated heterocycles. The van der Waals surface area contributed by atoms with E-state index in [4.69, 9.17) is 5.73 Å². The van der Waals surface area contributed by atoms with E-state index in [-0.39, 0.29) is 6.42 Å². The first-order valence-electron chi connectivity index (χ1n) is 8.76. The van der Waals surface area contributed by atoms with Crippen molar-refractivity contribution < 1.29 is 36.6 Å². The summed E-state index contributed by atoms with van der Waals surface area (Å²) < 4.78 is 64.8. The summed E-state index contributed by atoms with van der Waals surface area (Å²) in [6.45, 7) is 0.802. The van der Waals surface area contributed by atoms with Crippen LogP contribution in [0.1, 0.15) is 19.4 Å². The second-order valence-electron chi connectivity index (χ2n) is 6.94. The van der Waals surface area contributed by atoms with Crippen molar-refractivity contribution in [2.45, 2.75) is 50.6 Å². The molecular weight excluding hydrogens is 401 g/mol. The molecule has 0 radical (unpaired) electrons. The van der Waals surface area contributed by atoms with Gasteiger partial charge in [0.05, 0.1) is 12.1 Å². The average Bonchev–Trinajstić information content (AvgIpc) is 2.63. The quantitative estimate of drug-likeness (QED) is 0.449. The van der Waals surface area contributed by atoms with Crippen LogP contribution in [-0.2, 0) is 16.0 Å². The van der Waals surface area contributed by atoms with Crippen molar-refractivity contribution >= 4 is 11.8 Å². The molecule has 11 heteroatoms. The van der Waals surface area contributed by atoms with E-state index in [0.29, 0.717) is 5.56 Å². The minimum atomic E-state index is -4.90. The second-order valence-corrected chi connectivity index (χ2v) is 6.94. The summed E-state index contributed by atoms with van der Waals surface area (Å²) in [6.07, 6.45) is -7.56. The molecule has 0 spiro atoms. The molecule has 5 N–H and O–H groups in total. The number of nitrogens with two attached hydrogens (primary N) is 1. The van der Waals surface area contributed by atoms with Crippen molar-refractivity contribution in [1.29, 1.82) is 0 Å². The van der Waals surface area contributed by atoms with Gasteiger partial charge in [0, 0.05) is 0 Å². The number of carbonyl (C=O) groups excluding carboxylic acids is 2. The fourth-order valence-electron chi connectivity index (χ4n) is 2.50. The summed E-state index contributed by atoms with van der Waals surface area (Å²) >= 11 is 0. The number of hydrogen-bond donors (Lipinski definition) is 4. The van der Waals surface area contributed by atoms with Gasteiger partial charge >= 0.3 is 12.1 Å². The van der Waals surface area contributed by atoms with Crippen LogP contribution in [-0.4, -0.2) is 53.8 Å². The number of carbonyl (C=O) groups is 2. The lowest BCUT2D eigenvalue weighted by atomic mass is 9.93. The highest BCUT2D eigenvalue weighted by molar-refractivity contribution is 5.85. The molecule has 164 valence electrons. The Morgan fingerprint density at radius 3 is 2.14 bits per heavy atom. The zero-order chi connectivity index (χ0) is 22.4. The predicted octanol–water partition coefficient (Wildman–Crippen LogP) is 1.37. The van der Waals surface area contributed by atoms with E-state index in [1.807, 2.05) is 0 Å². The number of hydrogen-bond acceptors (Lipinski definition) is 4. The maximum Gasteiger partial charge on any atom is 0.405 e. The number of halogens is 5. The molecule has 3 atom stereocenters. The molecule has 0 aromatic heterocycles. The standard InChI is InChI=1S/C18H24F5N3O3/c1-10(2)13(14(27)18(22,23)16(29)25-9-17(19,20)21)26-15(28)12(24)8-11-6-4-3-5-7-11/h3-7,10,12-14,27H,8-9,24H2,1-2H3,(H,25,29)(H,26,28)/t12?,13-,14?/m0/s1. The Labute approximate surface area is 164 Å². The molecule has 1 aromatic rings. The average molecular weight is 425 g/mol. The zero-order valence-corrected chi connectivity index (χ0v) is 15.8. The van der Waals surface area contributed by atoms with Crippen LogP contribution in [0.15, 0.2) is 30.3 Å². The smallest absolute Gasteiger partial charge is 0.384 e. The lowest BCUT2D eigenvalue weighted by molar-refractivity contribution is -0.174. The Kier molecular flexibility index (Phi) is 8.51. The SMILES string of the molecule is CC(C)[C@H](NC(=O)C(N)Cc1ccccc1)C(O)C(F)(F)C(=O)NCC(F)(F)F. The molecule has 2 amide bonds. The lowest BCUT2D eigenvalue weighted by Gasteiger charge is -2.32. The van der Waals surface area contributed by atoms with Gasteiger partial charge in [-0.15, -0.1) is 0 Å². The minimum Gasteiger partial charge on any atom is -0.384 e. The number of aliphatic hydroxyl groups is 1. The Hall–Kier alpha value is -2.27. The van der Waals surface area contributed by atoms with Gasteiger partial charge in [-0.3, -0.25) is 9.59 Å². The fraction of sp³-hybridized carbons (Fsp3) is 0.556. The monoisotopic (exact) mass is 425 g/mol. The van der Waals surface area contributed by atoms with E-state index in [1.165, 1.54) is 13.8 Å². The molecule has 0 fully saturated rings. The second kappa shape index (κ2) is 9.97. The molecule has 1 aromatic carbocycles. The van der Waals surface area contributed by atoms with Gasteiger partial charge in [0.2, 0.25) is 5.91 Å². The topological polar surface area (TPSA) is 104 Å². The molecule has 1 rings (SSSR count). The van der Waals surface area contributed by atoms with E-state index < -0.39 is 54.6 Å². The third-order valence-corrected chi connectivity index (χ3v) is 4.13. The van der Waals surface area contributed by atoms with Crippen molar-refractivity contribution in [3.8, 4) is 0 Å². The van der Waals surface area contributed by atoms with Crippen LogP contribution in [0.5, 0.6) is 0 Å². The fourth-order valence-corrected chi connectivity index (χ4v) is 2.50. The number of alkyl halides is 5. The van der Waals surface area contributed by atoms with Gasteiger partial charge in [-0.1, -0.05) is 44.2 Å². The predicted molar refractivity (Wildman–Crippen MR) is 94.9 cm³/mol. The third kappa shape index (κ3) is 7.58. The van der Waals surface area contributed by atoms with Crippen molar-refractivity contribution in [2.75, 3.05) is 6.54 Å². The molecule has 0 aliphatic carbocycles. The first-order chi connectivity index (χ1) is 13.3. The van der Waals surface area contributed by atoms with Crippen molar-refractivity contribution in [3.63, 3.8) is 0 Å². The van der Waals surface area contributed by atoms with Gasteiger partial charge in [0.1, 0.15) is 12.6 Å². The van der Waals surface area contributed by atoms with Crippen LogP contribution in [0.4, 0.5) is 22.0 Å². The van der Waals surface area contributed by atoms with Gasteiger partial charge in [-0.2, -0.15) is 22.0 Å². The largest absolute Gasteiger partial charge is 0.405 e. The summed E-state index contributed by atoms with van der Waals surface area (Å²) in [5, 5.41) is 13.2. The molecule has 0 heterocycles. The van der Waals surface area contributed by atoms with E-state index >= 15 is 0 Å². The highest BCUT2D eigenvalue weighted by Crippen LogP contribution is 2.25. The Morgan fingerprint density at radius 2 is 1.66 bits per heavy atom. The summed E-state index contributed by atoms with van der Waals surface area (Å²) in [6, 6.07) is 5.87. The van der Waals surface area contributed by atoms with Crippen LogP contribution in [0, 0.1) is 5.92 Å². The Bertz CT molecular complexity index is 683. The maximum atomic E-state index is 14.2. The molecular formula is C18H24F5N3O3.